The summed E-state index contributed by atoms with van der Waals surface area (Å²) in [5, 5.41) is 19.3. The molecular weight excluding hydrogens is 438 g/mol. The van der Waals surface area contributed by atoms with Crippen molar-refractivity contribution in [1.29, 1.82) is 0 Å². The van der Waals surface area contributed by atoms with E-state index in [-0.39, 0.29) is 11.9 Å². The maximum Gasteiger partial charge on any atom is 0.259 e. The molecule has 0 saturated carbocycles. The smallest absolute Gasteiger partial charge is 0.259 e. The van der Waals surface area contributed by atoms with Gasteiger partial charge < -0.3 is 9.51 Å². The number of nitrogens with one attached hydrogen (secondary N) is 1. The number of pyridine rings is 1. The minimum absolute atomic E-state index is 0.267. The second-order valence-corrected chi connectivity index (χ2v) is 8.39. The number of aryl methyl sites for hydroxylation is 2. The second kappa shape index (κ2) is 9.19. The molecule has 7 heteroatoms. The number of hydrogen-bond acceptors (Lipinski definition) is 4. The fraction of sp³-hybridized carbons (Fsp3) is 0.179. The number of amides is 1. The Balaban J connectivity index is 1.62. The molecule has 5 aromatic rings. The Hall–Kier alpha value is -4.23. The summed E-state index contributed by atoms with van der Waals surface area (Å²) in [6.07, 6.45) is 4.06. The molecule has 0 unspecified atom stereocenters. The number of carbonyl (C=O) groups excluding carboxylic acids is 1. The lowest BCUT2D eigenvalue weighted by atomic mass is 9.80. The van der Waals surface area contributed by atoms with Crippen LogP contribution in [0.25, 0.3) is 5.52 Å². The Morgan fingerprint density at radius 2 is 1.63 bits per heavy atom. The summed E-state index contributed by atoms with van der Waals surface area (Å²) in [5.41, 5.74) is 3.31. The van der Waals surface area contributed by atoms with Gasteiger partial charge in [0.15, 0.2) is 0 Å². The molecule has 0 fully saturated rings. The Morgan fingerprint density at radius 3 is 2.20 bits per heavy atom. The fourth-order valence-electron chi connectivity index (χ4n) is 4.55. The van der Waals surface area contributed by atoms with Crippen LogP contribution in [0.1, 0.15) is 46.6 Å². The number of carbonyl (C=O) groups is 1. The molecule has 3 aromatic heterocycles. The molecule has 2 N–H and O–H groups in total. The molecule has 1 amide bonds. The number of fused-ring (bicyclic) bond motifs is 1. The lowest BCUT2D eigenvalue weighted by Crippen LogP contribution is -2.29. The van der Waals surface area contributed by atoms with Gasteiger partial charge in [0.05, 0.1) is 5.56 Å². The van der Waals surface area contributed by atoms with Crippen LogP contribution in [-0.2, 0) is 18.6 Å². The third kappa shape index (κ3) is 4.00. The van der Waals surface area contributed by atoms with Crippen molar-refractivity contribution in [3.05, 3.63) is 119 Å². The van der Waals surface area contributed by atoms with E-state index in [2.05, 4.69) is 22.3 Å². The van der Waals surface area contributed by atoms with Crippen LogP contribution in [0.5, 0.6) is 0 Å². The minimum Gasteiger partial charge on any atom is -0.376 e. The van der Waals surface area contributed by atoms with Gasteiger partial charge in [0, 0.05) is 29.5 Å². The van der Waals surface area contributed by atoms with Crippen molar-refractivity contribution in [3.63, 3.8) is 0 Å². The number of aliphatic hydroxyl groups is 1. The number of rotatable bonds is 7. The quantitative estimate of drug-likeness (QED) is 0.366. The van der Waals surface area contributed by atoms with Crippen LogP contribution in [0.3, 0.4) is 0 Å². The average molecular weight is 466 g/mol. The van der Waals surface area contributed by atoms with Crippen LogP contribution in [0.15, 0.2) is 91.4 Å². The summed E-state index contributed by atoms with van der Waals surface area (Å²) < 4.78 is 3.64. The first-order valence-electron chi connectivity index (χ1n) is 11.7. The van der Waals surface area contributed by atoms with Crippen molar-refractivity contribution in [2.45, 2.75) is 32.4 Å². The van der Waals surface area contributed by atoms with E-state index in [1.54, 1.807) is 23.3 Å². The van der Waals surface area contributed by atoms with Gasteiger partial charge in [-0.2, -0.15) is 0 Å². The molecule has 0 aliphatic rings. The zero-order chi connectivity index (χ0) is 24.4. The van der Waals surface area contributed by atoms with E-state index < -0.39 is 5.60 Å². The maximum atomic E-state index is 12.9. The van der Waals surface area contributed by atoms with Crippen LogP contribution >= 0.6 is 0 Å². The molecule has 3 heterocycles. The van der Waals surface area contributed by atoms with Gasteiger partial charge in [-0.1, -0.05) is 67.6 Å². The van der Waals surface area contributed by atoms with Gasteiger partial charge in [0.2, 0.25) is 5.95 Å². The topological polar surface area (TPSA) is 84.5 Å². The van der Waals surface area contributed by atoms with Gasteiger partial charge in [0.25, 0.3) is 5.91 Å². The van der Waals surface area contributed by atoms with Crippen molar-refractivity contribution in [3.8, 4) is 0 Å². The molecule has 0 spiro atoms. The molecule has 0 aliphatic heterocycles. The first kappa shape index (κ1) is 22.6. The third-order valence-electron chi connectivity index (χ3n) is 6.33. The minimum atomic E-state index is -1.35. The number of hydrogen-bond donors (Lipinski definition) is 2. The summed E-state index contributed by atoms with van der Waals surface area (Å²) in [6.45, 7) is 4.68. The first-order chi connectivity index (χ1) is 17.0. The average Bonchev–Trinajstić information content (AvgIpc) is 3.53. The summed E-state index contributed by atoms with van der Waals surface area (Å²) in [6, 6.07) is 25.0. The number of aromatic nitrogens is 4. The Bertz CT molecular complexity index is 1430. The van der Waals surface area contributed by atoms with Crippen molar-refractivity contribution in [2.24, 2.45) is 0 Å². The van der Waals surface area contributed by atoms with Gasteiger partial charge in [0.1, 0.15) is 11.9 Å². The molecule has 0 bridgehead atoms. The van der Waals surface area contributed by atoms with Crippen molar-refractivity contribution in [1.82, 2.24) is 19.2 Å². The van der Waals surface area contributed by atoms with Crippen LogP contribution in [0.2, 0.25) is 0 Å². The SMILES string of the molecule is CCc1c(C(O)(c2ccccc2)c2ccccc2)cc2ccc(C(=O)Nc3ncn(CC)n3)cn12. The van der Waals surface area contributed by atoms with E-state index in [1.807, 2.05) is 84.1 Å². The highest BCUT2D eigenvalue weighted by Gasteiger charge is 2.37. The zero-order valence-corrected chi connectivity index (χ0v) is 19.7. The number of nitrogens with zero attached hydrogens (tertiary/aromatic N) is 4. The Morgan fingerprint density at radius 1 is 0.971 bits per heavy atom. The van der Waals surface area contributed by atoms with Gasteiger partial charge in [-0.3, -0.25) is 14.8 Å². The largest absolute Gasteiger partial charge is 0.376 e. The van der Waals surface area contributed by atoms with E-state index in [4.69, 9.17) is 0 Å². The molecule has 0 atom stereocenters. The molecule has 5 rings (SSSR count). The molecule has 35 heavy (non-hydrogen) atoms. The Kier molecular flexibility index (Phi) is 5.93. The van der Waals surface area contributed by atoms with Crippen LogP contribution in [0, 0.1) is 0 Å². The highest BCUT2D eigenvalue weighted by Crippen LogP contribution is 2.40. The van der Waals surface area contributed by atoms with E-state index in [9.17, 15) is 9.90 Å². The third-order valence-corrected chi connectivity index (χ3v) is 6.33. The summed E-state index contributed by atoms with van der Waals surface area (Å²) in [5.74, 6) is -0.0252. The Labute approximate surface area is 203 Å². The van der Waals surface area contributed by atoms with Crippen LogP contribution < -0.4 is 5.32 Å². The molecule has 7 nitrogen and oxygen atoms in total. The van der Waals surface area contributed by atoms with Gasteiger partial charge in [-0.25, -0.2) is 4.98 Å². The zero-order valence-electron chi connectivity index (χ0n) is 19.7. The highest BCUT2D eigenvalue weighted by molar-refractivity contribution is 6.03. The first-order valence-corrected chi connectivity index (χ1v) is 11.7. The summed E-state index contributed by atoms with van der Waals surface area (Å²) in [4.78, 5) is 17.1. The highest BCUT2D eigenvalue weighted by atomic mass is 16.3. The summed E-state index contributed by atoms with van der Waals surface area (Å²) in [7, 11) is 0. The lowest BCUT2D eigenvalue weighted by Gasteiger charge is -2.30. The van der Waals surface area contributed by atoms with Crippen molar-refractivity contribution < 1.29 is 9.90 Å². The molecule has 0 radical (unpaired) electrons. The predicted octanol–water partition coefficient (Wildman–Crippen LogP) is 4.65. The lowest BCUT2D eigenvalue weighted by molar-refractivity contribution is 0.102. The van der Waals surface area contributed by atoms with Gasteiger partial charge in [-0.05, 0) is 42.7 Å². The van der Waals surface area contributed by atoms with E-state index in [1.165, 1.54) is 0 Å². The maximum absolute atomic E-state index is 12.9. The van der Waals surface area contributed by atoms with Gasteiger partial charge >= 0.3 is 0 Å². The van der Waals surface area contributed by atoms with Crippen LogP contribution in [0.4, 0.5) is 5.95 Å². The van der Waals surface area contributed by atoms with Crippen molar-refractivity contribution in [2.75, 3.05) is 5.32 Å². The van der Waals surface area contributed by atoms with E-state index >= 15 is 0 Å². The predicted molar refractivity (Wildman–Crippen MR) is 135 cm³/mol. The van der Waals surface area contributed by atoms with Crippen LogP contribution in [-0.4, -0.2) is 30.2 Å². The monoisotopic (exact) mass is 465 g/mol. The normalized spacial score (nSPS) is 11.6. The molecule has 176 valence electrons. The second-order valence-electron chi connectivity index (χ2n) is 8.39. The molecular formula is C28H27N5O2. The van der Waals surface area contributed by atoms with Gasteiger partial charge in [-0.15, -0.1) is 5.10 Å². The molecule has 0 aliphatic carbocycles. The van der Waals surface area contributed by atoms with E-state index in [0.717, 1.165) is 27.9 Å². The summed E-state index contributed by atoms with van der Waals surface area (Å²) >= 11 is 0. The number of benzene rings is 2. The fourth-order valence-corrected chi connectivity index (χ4v) is 4.55. The standard InChI is InChI=1S/C28H27N5O2/c1-3-25-24(28(35,21-11-7-5-8-12-21)22-13-9-6-10-14-22)17-23-16-15-20(18-33(23)25)26(34)30-27-29-19-32(4-2)31-27/h5-19,35H,3-4H2,1-2H3,(H,30,31,34). The van der Waals surface area contributed by atoms with Crippen molar-refractivity contribution >= 4 is 17.4 Å². The number of anilines is 1. The van der Waals surface area contributed by atoms with E-state index in [0.29, 0.717) is 18.5 Å². The molecule has 0 saturated heterocycles. The molecule has 2 aromatic carbocycles.